The molecule has 2 fully saturated rings. The highest BCUT2D eigenvalue weighted by atomic mass is 16.4. The van der Waals surface area contributed by atoms with E-state index in [9.17, 15) is 10.2 Å². The standard InChI is InChI=1S/C11H20O2/c1-10(12)7-8-5-3-4-6-9(8)11(10,2)13/h8-9,12-13H,3-7H2,1-2H3/t8?,9?,10-,11+/m0/s1. The predicted octanol–water partition coefficient (Wildman–Crippen LogP) is 1.70. The molecule has 2 nitrogen and oxygen atoms in total. The average molecular weight is 184 g/mol. The summed E-state index contributed by atoms with van der Waals surface area (Å²) in [5.74, 6) is 0.884. The summed E-state index contributed by atoms with van der Waals surface area (Å²) in [6, 6.07) is 0. The summed E-state index contributed by atoms with van der Waals surface area (Å²) >= 11 is 0. The summed E-state index contributed by atoms with van der Waals surface area (Å²) in [6.07, 6.45) is 5.55. The first-order valence-electron chi connectivity index (χ1n) is 5.40. The summed E-state index contributed by atoms with van der Waals surface area (Å²) in [4.78, 5) is 0. The lowest BCUT2D eigenvalue weighted by atomic mass is 9.75. The largest absolute Gasteiger partial charge is 0.387 e. The predicted molar refractivity (Wildman–Crippen MR) is 51.3 cm³/mol. The molecular weight excluding hydrogens is 164 g/mol. The monoisotopic (exact) mass is 184 g/mol. The highest BCUT2D eigenvalue weighted by Crippen LogP contribution is 2.52. The van der Waals surface area contributed by atoms with Gasteiger partial charge in [-0.2, -0.15) is 0 Å². The molecule has 0 amide bonds. The molecule has 0 bridgehead atoms. The van der Waals surface area contributed by atoms with Crippen molar-refractivity contribution in [3.8, 4) is 0 Å². The van der Waals surface area contributed by atoms with Crippen molar-refractivity contribution in [3.05, 3.63) is 0 Å². The van der Waals surface area contributed by atoms with Crippen LogP contribution < -0.4 is 0 Å². The van der Waals surface area contributed by atoms with Gasteiger partial charge < -0.3 is 10.2 Å². The van der Waals surface area contributed by atoms with E-state index in [-0.39, 0.29) is 0 Å². The van der Waals surface area contributed by atoms with Gasteiger partial charge in [0.1, 0.15) is 0 Å². The molecule has 2 aliphatic rings. The van der Waals surface area contributed by atoms with Gasteiger partial charge in [-0.3, -0.25) is 0 Å². The molecule has 0 radical (unpaired) electrons. The van der Waals surface area contributed by atoms with Gasteiger partial charge in [0.05, 0.1) is 11.2 Å². The fourth-order valence-electron chi connectivity index (χ4n) is 3.31. The lowest BCUT2D eigenvalue weighted by molar-refractivity contribution is -0.131. The molecule has 0 spiro atoms. The third kappa shape index (κ3) is 1.23. The van der Waals surface area contributed by atoms with Crippen molar-refractivity contribution in [1.29, 1.82) is 0 Å². The Morgan fingerprint density at radius 2 is 1.69 bits per heavy atom. The Bertz CT molecular complexity index is 208. The van der Waals surface area contributed by atoms with Crippen molar-refractivity contribution in [3.63, 3.8) is 0 Å². The quantitative estimate of drug-likeness (QED) is 0.601. The first-order chi connectivity index (χ1) is 5.95. The topological polar surface area (TPSA) is 40.5 Å². The highest BCUT2D eigenvalue weighted by molar-refractivity contribution is 5.08. The van der Waals surface area contributed by atoms with Crippen LogP contribution in [0.1, 0.15) is 46.0 Å². The molecule has 13 heavy (non-hydrogen) atoms. The Morgan fingerprint density at radius 3 is 2.31 bits per heavy atom. The van der Waals surface area contributed by atoms with E-state index in [1.165, 1.54) is 19.3 Å². The van der Waals surface area contributed by atoms with Crippen LogP contribution in [0.4, 0.5) is 0 Å². The van der Waals surface area contributed by atoms with E-state index in [1.54, 1.807) is 6.92 Å². The summed E-state index contributed by atoms with van der Waals surface area (Å²) in [5.41, 5.74) is -1.73. The summed E-state index contributed by atoms with van der Waals surface area (Å²) in [5, 5.41) is 20.4. The van der Waals surface area contributed by atoms with E-state index in [2.05, 4.69) is 0 Å². The maximum atomic E-state index is 10.3. The van der Waals surface area contributed by atoms with Crippen LogP contribution in [0.3, 0.4) is 0 Å². The van der Waals surface area contributed by atoms with E-state index >= 15 is 0 Å². The molecule has 2 unspecified atom stereocenters. The second-order valence-corrected chi connectivity index (χ2v) is 5.28. The van der Waals surface area contributed by atoms with E-state index in [4.69, 9.17) is 0 Å². The van der Waals surface area contributed by atoms with E-state index in [0.717, 1.165) is 12.8 Å². The molecule has 0 aromatic heterocycles. The van der Waals surface area contributed by atoms with Crippen molar-refractivity contribution < 1.29 is 10.2 Å². The Kier molecular flexibility index (Phi) is 1.97. The molecule has 2 rings (SSSR count). The van der Waals surface area contributed by atoms with Crippen LogP contribution in [-0.4, -0.2) is 21.4 Å². The van der Waals surface area contributed by atoms with Crippen molar-refractivity contribution in [2.75, 3.05) is 0 Å². The Balaban J connectivity index is 2.25. The van der Waals surface area contributed by atoms with Crippen LogP contribution in [-0.2, 0) is 0 Å². The van der Waals surface area contributed by atoms with Gasteiger partial charge in [-0.15, -0.1) is 0 Å². The molecule has 0 heterocycles. The zero-order chi connectivity index (χ0) is 9.69. The van der Waals surface area contributed by atoms with Crippen LogP contribution in [0.25, 0.3) is 0 Å². The first-order valence-corrected chi connectivity index (χ1v) is 5.40. The second kappa shape index (κ2) is 2.71. The number of hydrogen-bond acceptors (Lipinski definition) is 2. The first kappa shape index (κ1) is 9.47. The average Bonchev–Trinajstić information content (AvgIpc) is 2.20. The molecule has 2 N–H and O–H groups in total. The molecular formula is C11H20O2. The van der Waals surface area contributed by atoms with Crippen LogP contribution in [0.15, 0.2) is 0 Å². The summed E-state index contributed by atoms with van der Waals surface area (Å²) in [6.45, 7) is 3.59. The molecule has 2 aliphatic carbocycles. The highest BCUT2D eigenvalue weighted by Gasteiger charge is 2.57. The lowest BCUT2D eigenvalue weighted by Gasteiger charge is -2.37. The van der Waals surface area contributed by atoms with Crippen molar-refractivity contribution in [1.82, 2.24) is 0 Å². The maximum Gasteiger partial charge on any atom is 0.0933 e. The Morgan fingerprint density at radius 1 is 1.08 bits per heavy atom. The van der Waals surface area contributed by atoms with Crippen LogP contribution in [0.5, 0.6) is 0 Å². The minimum atomic E-state index is -0.868. The number of aliphatic hydroxyl groups is 2. The number of fused-ring (bicyclic) bond motifs is 1. The fourth-order valence-corrected chi connectivity index (χ4v) is 3.31. The van der Waals surface area contributed by atoms with E-state index in [0.29, 0.717) is 11.8 Å². The molecule has 0 aromatic carbocycles. The van der Waals surface area contributed by atoms with Gasteiger partial charge in [0, 0.05) is 0 Å². The zero-order valence-electron chi connectivity index (χ0n) is 8.58. The summed E-state index contributed by atoms with van der Waals surface area (Å²) in [7, 11) is 0. The molecule has 2 heteroatoms. The minimum absolute atomic E-state index is 0.330. The van der Waals surface area contributed by atoms with Crippen LogP contribution >= 0.6 is 0 Å². The van der Waals surface area contributed by atoms with E-state index in [1.807, 2.05) is 6.92 Å². The Hall–Kier alpha value is -0.0800. The van der Waals surface area contributed by atoms with Gasteiger partial charge in [-0.05, 0) is 44.9 Å². The van der Waals surface area contributed by atoms with Crippen molar-refractivity contribution in [2.45, 2.75) is 57.2 Å². The third-order valence-electron chi connectivity index (χ3n) is 4.38. The van der Waals surface area contributed by atoms with Crippen molar-refractivity contribution >= 4 is 0 Å². The van der Waals surface area contributed by atoms with Gasteiger partial charge >= 0.3 is 0 Å². The summed E-state index contributed by atoms with van der Waals surface area (Å²) < 4.78 is 0. The Labute approximate surface area is 80.0 Å². The van der Waals surface area contributed by atoms with Gasteiger partial charge in [-0.1, -0.05) is 12.8 Å². The van der Waals surface area contributed by atoms with Crippen LogP contribution in [0.2, 0.25) is 0 Å². The SMILES string of the molecule is C[C@]1(O)CC2CCCCC2[C@@]1(C)O. The van der Waals surface area contributed by atoms with Gasteiger partial charge in [0.15, 0.2) is 0 Å². The van der Waals surface area contributed by atoms with Gasteiger partial charge in [0.2, 0.25) is 0 Å². The molecule has 76 valence electrons. The fraction of sp³-hybridized carbons (Fsp3) is 1.00. The minimum Gasteiger partial charge on any atom is -0.387 e. The molecule has 4 atom stereocenters. The third-order valence-corrected chi connectivity index (χ3v) is 4.38. The number of rotatable bonds is 0. The zero-order valence-corrected chi connectivity index (χ0v) is 8.58. The molecule has 2 saturated carbocycles. The number of hydrogen-bond donors (Lipinski definition) is 2. The molecule has 0 aromatic rings. The molecule has 0 aliphatic heterocycles. The lowest BCUT2D eigenvalue weighted by Crippen LogP contribution is -2.49. The maximum absolute atomic E-state index is 10.3. The normalized spacial score (nSPS) is 56.3. The van der Waals surface area contributed by atoms with Crippen molar-refractivity contribution in [2.24, 2.45) is 11.8 Å². The molecule has 0 saturated heterocycles. The van der Waals surface area contributed by atoms with E-state index < -0.39 is 11.2 Å². The second-order valence-electron chi connectivity index (χ2n) is 5.28. The van der Waals surface area contributed by atoms with Crippen LogP contribution in [0, 0.1) is 11.8 Å². The van der Waals surface area contributed by atoms with Gasteiger partial charge in [0.25, 0.3) is 0 Å². The smallest absolute Gasteiger partial charge is 0.0933 e. The van der Waals surface area contributed by atoms with Gasteiger partial charge in [-0.25, -0.2) is 0 Å².